The minimum Gasteiger partial charge on any atom is -0.382 e. The molecular weight excluding hydrogens is 316 g/mol. The van der Waals surface area contributed by atoms with Gasteiger partial charge in [0.2, 0.25) is 0 Å². The van der Waals surface area contributed by atoms with Crippen LogP contribution in [-0.4, -0.2) is 54.0 Å². The molecule has 1 aliphatic heterocycles. The summed E-state index contributed by atoms with van der Waals surface area (Å²) in [5.74, 6) is 1.78. The number of ether oxygens (including phenoxy) is 2. The Balaban J connectivity index is 1.72. The van der Waals surface area contributed by atoms with E-state index in [2.05, 4.69) is 16.8 Å². The predicted octanol–water partition coefficient (Wildman–Crippen LogP) is 2.27. The molecule has 2 aromatic heterocycles. The number of hydrogen-bond acceptors (Lipinski definition) is 6. The molecule has 1 fully saturated rings. The van der Waals surface area contributed by atoms with Gasteiger partial charge in [-0.25, -0.2) is 9.97 Å². The minimum absolute atomic E-state index is 0.0686. The van der Waals surface area contributed by atoms with Crippen LogP contribution >= 0.6 is 0 Å². The molecule has 4 rings (SSSR count). The Kier molecular flexibility index (Phi) is 4.63. The van der Waals surface area contributed by atoms with Gasteiger partial charge in [0, 0.05) is 37.7 Å². The maximum absolute atomic E-state index is 5.99. The quantitative estimate of drug-likeness (QED) is 0.851. The molecule has 6 nitrogen and oxygen atoms in total. The normalized spacial score (nSPS) is 22.9. The second-order valence-corrected chi connectivity index (χ2v) is 6.79. The SMILES string of the molecule is COCC1CN(c2nc(-c3ccccn3)nc3c2CCC3)CC(C)O1. The van der Waals surface area contributed by atoms with Crippen LogP contribution in [0.3, 0.4) is 0 Å². The highest BCUT2D eigenvalue weighted by Crippen LogP contribution is 2.32. The number of methoxy groups -OCH3 is 1. The lowest BCUT2D eigenvalue weighted by Gasteiger charge is -2.38. The summed E-state index contributed by atoms with van der Waals surface area (Å²) < 4.78 is 11.3. The van der Waals surface area contributed by atoms with Crippen molar-refractivity contribution in [3.05, 3.63) is 35.7 Å². The van der Waals surface area contributed by atoms with E-state index in [-0.39, 0.29) is 12.2 Å². The summed E-state index contributed by atoms with van der Waals surface area (Å²) >= 11 is 0. The summed E-state index contributed by atoms with van der Waals surface area (Å²) in [5.41, 5.74) is 3.30. The zero-order valence-corrected chi connectivity index (χ0v) is 14.8. The van der Waals surface area contributed by atoms with Crippen LogP contribution in [-0.2, 0) is 22.3 Å². The first-order chi connectivity index (χ1) is 12.2. The fourth-order valence-electron chi connectivity index (χ4n) is 3.78. The molecule has 6 heteroatoms. The third kappa shape index (κ3) is 3.37. The molecule has 2 aromatic rings. The number of fused-ring (bicyclic) bond motifs is 1. The molecule has 132 valence electrons. The Labute approximate surface area is 148 Å². The van der Waals surface area contributed by atoms with Gasteiger partial charge in [0.1, 0.15) is 11.5 Å². The monoisotopic (exact) mass is 340 g/mol. The first-order valence-electron chi connectivity index (χ1n) is 8.95. The maximum atomic E-state index is 5.99. The Morgan fingerprint density at radius 1 is 1.24 bits per heavy atom. The van der Waals surface area contributed by atoms with E-state index in [1.54, 1.807) is 13.3 Å². The van der Waals surface area contributed by atoms with Crippen molar-refractivity contribution in [3.63, 3.8) is 0 Å². The number of nitrogens with zero attached hydrogens (tertiary/aromatic N) is 4. The Hall–Kier alpha value is -2.05. The summed E-state index contributed by atoms with van der Waals surface area (Å²) in [6.07, 6.45) is 5.22. The van der Waals surface area contributed by atoms with Crippen molar-refractivity contribution < 1.29 is 9.47 Å². The molecule has 0 spiro atoms. The smallest absolute Gasteiger partial charge is 0.180 e. The number of rotatable bonds is 4. The van der Waals surface area contributed by atoms with Crippen LogP contribution in [0.25, 0.3) is 11.5 Å². The fourth-order valence-corrected chi connectivity index (χ4v) is 3.78. The van der Waals surface area contributed by atoms with Gasteiger partial charge in [0.25, 0.3) is 0 Å². The highest BCUT2D eigenvalue weighted by atomic mass is 16.5. The summed E-state index contributed by atoms with van der Waals surface area (Å²) in [7, 11) is 1.72. The van der Waals surface area contributed by atoms with Crippen LogP contribution in [0.15, 0.2) is 24.4 Å². The van der Waals surface area contributed by atoms with Crippen LogP contribution in [0.5, 0.6) is 0 Å². The molecule has 2 aliphatic rings. The summed E-state index contributed by atoms with van der Waals surface area (Å²) in [5, 5.41) is 0. The second-order valence-electron chi connectivity index (χ2n) is 6.79. The molecule has 0 N–H and O–H groups in total. The zero-order valence-electron chi connectivity index (χ0n) is 14.8. The van der Waals surface area contributed by atoms with Crippen LogP contribution in [0, 0.1) is 0 Å². The highest BCUT2D eigenvalue weighted by molar-refractivity contribution is 5.59. The summed E-state index contributed by atoms with van der Waals surface area (Å²) in [6.45, 7) is 4.34. The van der Waals surface area contributed by atoms with Crippen molar-refractivity contribution in [2.45, 2.75) is 38.4 Å². The largest absolute Gasteiger partial charge is 0.382 e. The lowest BCUT2D eigenvalue weighted by atomic mass is 10.1. The molecule has 0 aromatic carbocycles. The van der Waals surface area contributed by atoms with Crippen molar-refractivity contribution in [3.8, 4) is 11.5 Å². The topological polar surface area (TPSA) is 60.4 Å². The molecule has 2 unspecified atom stereocenters. The average Bonchev–Trinajstić information content (AvgIpc) is 3.10. The van der Waals surface area contributed by atoms with Gasteiger partial charge in [0.05, 0.1) is 18.8 Å². The lowest BCUT2D eigenvalue weighted by Crippen LogP contribution is -2.49. The number of anilines is 1. The number of hydrogen-bond donors (Lipinski definition) is 0. The van der Waals surface area contributed by atoms with Gasteiger partial charge in [-0.15, -0.1) is 0 Å². The van der Waals surface area contributed by atoms with E-state index < -0.39 is 0 Å². The molecule has 1 saturated heterocycles. The fraction of sp³-hybridized carbons (Fsp3) is 0.526. The van der Waals surface area contributed by atoms with E-state index in [4.69, 9.17) is 19.4 Å². The van der Waals surface area contributed by atoms with Crippen LogP contribution < -0.4 is 4.90 Å². The lowest BCUT2D eigenvalue weighted by molar-refractivity contribution is -0.0513. The third-order valence-corrected chi connectivity index (χ3v) is 4.78. The van der Waals surface area contributed by atoms with E-state index >= 15 is 0 Å². The molecule has 0 amide bonds. The van der Waals surface area contributed by atoms with Gasteiger partial charge in [-0.05, 0) is 38.3 Å². The maximum Gasteiger partial charge on any atom is 0.180 e. The van der Waals surface area contributed by atoms with E-state index in [1.165, 1.54) is 11.3 Å². The van der Waals surface area contributed by atoms with Crippen LogP contribution in [0.4, 0.5) is 5.82 Å². The average molecular weight is 340 g/mol. The van der Waals surface area contributed by atoms with Gasteiger partial charge in [-0.2, -0.15) is 0 Å². The molecule has 25 heavy (non-hydrogen) atoms. The molecule has 0 bridgehead atoms. The standard InChI is InChI=1S/C19H24N4O2/c1-13-10-23(11-14(25-13)12-24-2)19-15-6-5-8-16(15)21-18(22-19)17-7-3-4-9-20-17/h3-4,7,9,13-14H,5-6,8,10-12H2,1-2H3. The van der Waals surface area contributed by atoms with Crippen LogP contribution in [0.2, 0.25) is 0 Å². The van der Waals surface area contributed by atoms with Gasteiger partial charge in [0.15, 0.2) is 5.82 Å². The number of pyridine rings is 1. The third-order valence-electron chi connectivity index (χ3n) is 4.78. The van der Waals surface area contributed by atoms with Gasteiger partial charge >= 0.3 is 0 Å². The van der Waals surface area contributed by atoms with E-state index in [0.29, 0.717) is 6.61 Å². The molecule has 0 radical (unpaired) electrons. The van der Waals surface area contributed by atoms with Crippen molar-refractivity contribution in [2.75, 3.05) is 31.7 Å². The second kappa shape index (κ2) is 7.06. The molecule has 2 atom stereocenters. The Morgan fingerprint density at radius 2 is 2.16 bits per heavy atom. The van der Waals surface area contributed by atoms with Crippen molar-refractivity contribution in [2.24, 2.45) is 0 Å². The van der Waals surface area contributed by atoms with Gasteiger partial charge < -0.3 is 14.4 Å². The predicted molar refractivity (Wildman–Crippen MR) is 95.7 cm³/mol. The van der Waals surface area contributed by atoms with Crippen molar-refractivity contribution in [1.82, 2.24) is 15.0 Å². The number of aromatic nitrogens is 3. The zero-order chi connectivity index (χ0) is 17.2. The number of aryl methyl sites for hydroxylation is 1. The van der Waals surface area contributed by atoms with Gasteiger partial charge in [-0.3, -0.25) is 4.98 Å². The van der Waals surface area contributed by atoms with E-state index in [1.807, 2.05) is 18.2 Å². The Morgan fingerprint density at radius 3 is 2.96 bits per heavy atom. The highest BCUT2D eigenvalue weighted by Gasteiger charge is 2.30. The molecule has 3 heterocycles. The molecule has 1 aliphatic carbocycles. The molecule has 0 saturated carbocycles. The minimum atomic E-state index is 0.0686. The summed E-state index contributed by atoms with van der Waals surface area (Å²) in [6, 6.07) is 5.86. The Bertz CT molecular complexity index is 738. The summed E-state index contributed by atoms with van der Waals surface area (Å²) in [4.78, 5) is 16.5. The van der Waals surface area contributed by atoms with Crippen molar-refractivity contribution >= 4 is 5.82 Å². The first kappa shape index (κ1) is 16.4. The van der Waals surface area contributed by atoms with Crippen molar-refractivity contribution in [1.29, 1.82) is 0 Å². The first-order valence-corrected chi connectivity index (χ1v) is 8.95. The molecular formula is C19H24N4O2. The van der Waals surface area contributed by atoms with E-state index in [9.17, 15) is 0 Å². The van der Waals surface area contributed by atoms with E-state index in [0.717, 1.165) is 49.7 Å². The van der Waals surface area contributed by atoms with Gasteiger partial charge in [-0.1, -0.05) is 6.07 Å². The van der Waals surface area contributed by atoms with Crippen LogP contribution in [0.1, 0.15) is 24.6 Å². The number of morpholine rings is 1.